The van der Waals surface area contributed by atoms with E-state index in [0.29, 0.717) is 39.6 Å². The van der Waals surface area contributed by atoms with Crippen LogP contribution in [0.25, 0.3) is 0 Å². The molecule has 0 radical (unpaired) electrons. The van der Waals surface area contributed by atoms with Crippen molar-refractivity contribution in [1.29, 1.82) is 0 Å². The average molecular weight is 545 g/mol. The molecule has 0 aromatic rings. The molecule has 8 nitrogen and oxygen atoms in total. The fourth-order valence-corrected chi connectivity index (χ4v) is 5.19. The van der Waals surface area contributed by atoms with Crippen LogP contribution in [0.3, 0.4) is 0 Å². The summed E-state index contributed by atoms with van der Waals surface area (Å²) < 4.78 is 51.2. The van der Waals surface area contributed by atoms with Gasteiger partial charge in [0.25, 0.3) is 0 Å². The van der Waals surface area contributed by atoms with Crippen molar-refractivity contribution in [3.8, 4) is 0 Å². The van der Waals surface area contributed by atoms with Crippen LogP contribution in [0.1, 0.15) is 92.9 Å². The van der Waals surface area contributed by atoms with Gasteiger partial charge in [0.05, 0.1) is 25.4 Å². The molecule has 0 aromatic carbocycles. The Bertz CT molecular complexity index is 621. The summed E-state index contributed by atoms with van der Waals surface area (Å²) >= 11 is 0. The Balaban J connectivity index is 1.83. The predicted octanol–water partition coefficient (Wildman–Crippen LogP) is 5.29. The van der Waals surface area contributed by atoms with Crippen LogP contribution in [0, 0.1) is 5.92 Å². The van der Waals surface area contributed by atoms with Gasteiger partial charge in [0.1, 0.15) is 36.6 Å². The highest BCUT2D eigenvalue weighted by molar-refractivity contribution is 5.01. The fraction of sp³-hybridized carbons (Fsp3) is 1.00. The third kappa shape index (κ3) is 9.37. The number of hydrogen-bond acceptors (Lipinski definition) is 8. The standard InChI is InChI=1S/C30H56O8/c1-7-11-15-31-20-23-26(32-16-12-8-2)27(33-17-13-9-3)29(34-18-14-10-4)30(36-23)38-24-21(5)19-35-22(6)25-28(24)37-25/h21-30H,7-20H2,1-6H3/t21?,22-,23?,24-,25+,26-,27+,28?,29?,30-/m1/s1. The zero-order chi connectivity index (χ0) is 27.3. The smallest absolute Gasteiger partial charge is 0.187 e. The number of fused-ring (bicyclic) bond motifs is 1. The molecule has 3 aliphatic heterocycles. The highest BCUT2D eigenvalue weighted by atomic mass is 16.7. The first-order chi connectivity index (χ1) is 18.5. The fourth-order valence-electron chi connectivity index (χ4n) is 5.19. The first kappa shape index (κ1) is 32.2. The summed E-state index contributed by atoms with van der Waals surface area (Å²) in [7, 11) is 0. The number of ether oxygens (including phenoxy) is 8. The van der Waals surface area contributed by atoms with Gasteiger partial charge >= 0.3 is 0 Å². The molecular formula is C30H56O8. The Hall–Kier alpha value is -0.320. The Labute approximate surface area is 231 Å². The Kier molecular flexibility index (Phi) is 14.8. The van der Waals surface area contributed by atoms with Crippen molar-refractivity contribution < 1.29 is 37.9 Å². The predicted molar refractivity (Wildman–Crippen MR) is 146 cm³/mol. The molecule has 3 rings (SSSR count). The second-order valence-corrected chi connectivity index (χ2v) is 11.2. The van der Waals surface area contributed by atoms with Crippen molar-refractivity contribution in [3.63, 3.8) is 0 Å². The normalized spacial score (nSPS) is 37.1. The molecule has 4 unspecified atom stereocenters. The molecule has 224 valence electrons. The molecule has 0 spiro atoms. The minimum Gasteiger partial charge on any atom is -0.379 e. The maximum Gasteiger partial charge on any atom is 0.187 e. The minimum absolute atomic E-state index is 0.0135. The van der Waals surface area contributed by atoms with Gasteiger partial charge in [-0.15, -0.1) is 0 Å². The largest absolute Gasteiger partial charge is 0.379 e. The molecule has 0 saturated carbocycles. The molecule has 10 atom stereocenters. The van der Waals surface area contributed by atoms with Crippen LogP contribution in [0.4, 0.5) is 0 Å². The van der Waals surface area contributed by atoms with Crippen molar-refractivity contribution in [2.45, 2.75) is 148 Å². The summed E-state index contributed by atoms with van der Waals surface area (Å²) in [5.74, 6) is 0.173. The zero-order valence-electron chi connectivity index (χ0n) is 24.9. The Morgan fingerprint density at radius 1 is 0.632 bits per heavy atom. The van der Waals surface area contributed by atoms with Crippen LogP contribution in [0.2, 0.25) is 0 Å². The molecule has 0 aliphatic carbocycles. The summed E-state index contributed by atoms with van der Waals surface area (Å²) in [6.07, 6.45) is 6.35. The molecule has 0 bridgehead atoms. The molecule has 0 amide bonds. The lowest BCUT2D eigenvalue weighted by Crippen LogP contribution is -2.63. The quantitative estimate of drug-likeness (QED) is 0.160. The molecule has 3 aliphatic rings. The van der Waals surface area contributed by atoms with Gasteiger partial charge in [0.15, 0.2) is 6.29 Å². The van der Waals surface area contributed by atoms with Gasteiger partial charge in [0, 0.05) is 32.3 Å². The first-order valence-electron chi connectivity index (χ1n) is 15.6. The number of unbranched alkanes of at least 4 members (excludes halogenated alkanes) is 4. The van der Waals surface area contributed by atoms with Crippen molar-refractivity contribution in [2.24, 2.45) is 5.92 Å². The van der Waals surface area contributed by atoms with Crippen molar-refractivity contribution in [3.05, 3.63) is 0 Å². The second kappa shape index (κ2) is 17.5. The van der Waals surface area contributed by atoms with E-state index in [9.17, 15) is 0 Å². The molecule has 3 fully saturated rings. The van der Waals surface area contributed by atoms with E-state index in [4.69, 9.17) is 37.9 Å². The van der Waals surface area contributed by atoms with E-state index >= 15 is 0 Å². The maximum atomic E-state index is 6.80. The topological polar surface area (TPSA) is 77.1 Å². The Morgan fingerprint density at radius 3 is 1.84 bits per heavy atom. The van der Waals surface area contributed by atoms with Crippen molar-refractivity contribution in [1.82, 2.24) is 0 Å². The SMILES string of the molecule is CCCCOCC1O[C@H](O[C@@H]2C(C)CO[C@H](C)[C@@H]3OC23)C(OCCCC)[C@@H](OCCCC)[C@@H]1OCCCC. The van der Waals surface area contributed by atoms with Gasteiger partial charge in [-0.3, -0.25) is 0 Å². The highest BCUT2D eigenvalue weighted by Gasteiger charge is 2.56. The van der Waals surface area contributed by atoms with Crippen molar-refractivity contribution in [2.75, 3.05) is 39.6 Å². The van der Waals surface area contributed by atoms with Crippen LogP contribution in [-0.4, -0.2) is 94.8 Å². The molecule has 0 aromatic heterocycles. The minimum atomic E-state index is -0.602. The monoisotopic (exact) mass is 544 g/mol. The summed E-state index contributed by atoms with van der Waals surface area (Å²) in [6.45, 7) is 16.6. The average Bonchev–Trinajstić information content (AvgIpc) is 3.72. The lowest BCUT2D eigenvalue weighted by atomic mass is 9.96. The zero-order valence-corrected chi connectivity index (χ0v) is 24.9. The van der Waals surface area contributed by atoms with E-state index in [0.717, 1.165) is 51.4 Å². The molecule has 3 saturated heterocycles. The second-order valence-electron chi connectivity index (χ2n) is 11.2. The summed E-state index contributed by atoms with van der Waals surface area (Å²) in [4.78, 5) is 0. The lowest BCUT2D eigenvalue weighted by Gasteiger charge is -2.47. The molecular weight excluding hydrogens is 488 g/mol. The van der Waals surface area contributed by atoms with E-state index in [2.05, 4.69) is 41.5 Å². The third-order valence-electron chi connectivity index (χ3n) is 7.76. The van der Waals surface area contributed by atoms with Gasteiger partial charge in [-0.25, -0.2) is 0 Å². The van der Waals surface area contributed by atoms with Gasteiger partial charge in [0.2, 0.25) is 0 Å². The first-order valence-corrected chi connectivity index (χ1v) is 15.6. The van der Waals surface area contributed by atoms with Crippen LogP contribution in [-0.2, 0) is 37.9 Å². The van der Waals surface area contributed by atoms with E-state index in [1.165, 1.54) is 0 Å². The summed E-state index contributed by atoms with van der Waals surface area (Å²) in [5.41, 5.74) is 0. The van der Waals surface area contributed by atoms with Crippen molar-refractivity contribution >= 4 is 0 Å². The van der Waals surface area contributed by atoms with E-state index in [-0.39, 0.29) is 48.6 Å². The summed E-state index contributed by atoms with van der Waals surface area (Å²) in [5, 5.41) is 0. The Morgan fingerprint density at radius 2 is 1.21 bits per heavy atom. The summed E-state index contributed by atoms with van der Waals surface area (Å²) in [6, 6.07) is 0. The molecule has 8 heteroatoms. The highest BCUT2D eigenvalue weighted by Crippen LogP contribution is 2.40. The van der Waals surface area contributed by atoms with E-state index in [1.807, 2.05) is 0 Å². The van der Waals surface area contributed by atoms with Gasteiger partial charge in [-0.05, 0) is 32.6 Å². The number of hydrogen-bond donors (Lipinski definition) is 0. The van der Waals surface area contributed by atoms with Gasteiger partial charge in [-0.2, -0.15) is 0 Å². The van der Waals surface area contributed by atoms with E-state index in [1.54, 1.807) is 0 Å². The lowest BCUT2D eigenvalue weighted by molar-refractivity contribution is -0.336. The third-order valence-corrected chi connectivity index (χ3v) is 7.76. The van der Waals surface area contributed by atoms with Crippen LogP contribution in [0.5, 0.6) is 0 Å². The molecule has 38 heavy (non-hydrogen) atoms. The number of rotatable bonds is 19. The molecule has 0 N–H and O–H groups in total. The molecule has 3 heterocycles. The van der Waals surface area contributed by atoms with Gasteiger partial charge in [-0.1, -0.05) is 60.3 Å². The van der Waals surface area contributed by atoms with Gasteiger partial charge < -0.3 is 37.9 Å². The maximum absolute atomic E-state index is 6.80. The number of epoxide rings is 1. The van der Waals surface area contributed by atoms with E-state index < -0.39 is 12.4 Å². The van der Waals surface area contributed by atoms with Crippen LogP contribution in [0.15, 0.2) is 0 Å². The van der Waals surface area contributed by atoms with Crippen LogP contribution >= 0.6 is 0 Å². The van der Waals surface area contributed by atoms with Crippen LogP contribution < -0.4 is 0 Å².